The molecule has 35 heavy (non-hydrogen) atoms. The van der Waals surface area contributed by atoms with E-state index in [2.05, 4.69) is 31.6 Å². The first kappa shape index (κ1) is 23.8. The molecule has 0 spiro atoms. The van der Waals surface area contributed by atoms with Crippen LogP contribution < -0.4 is 20.5 Å². The van der Waals surface area contributed by atoms with Gasteiger partial charge in [-0.3, -0.25) is 4.99 Å². The Bertz CT molecular complexity index is 1250. The van der Waals surface area contributed by atoms with Crippen LogP contribution in [0.4, 0.5) is 19.0 Å². The van der Waals surface area contributed by atoms with Crippen molar-refractivity contribution in [3.63, 3.8) is 0 Å². The first-order chi connectivity index (χ1) is 16.8. The number of aliphatic imine (C=N–C) groups is 1. The largest absolute Gasteiger partial charge is 0.573 e. The summed E-state index contributed by atoms with van der Waals surface area (Å²) in [6.07, 6.45) is -0.00576. The van der Waals surface area contributed by atoms with Gasteiger partial charge in [0.1, 0.15) is 23.2 Å². The fourth-order valence-corrected chi connectivity index (χ4v) is 3.37. The van der Waals surface area contributed by atoms with Crippen molar-refractivity contribution in [3.8, 4) is 17.4 Å². The molecule has 3 aromatic rings. The Balaban J connectivity index is 1.32. The lowest BCUT2D eigenvalue weighted by atomic mass is 10.1. The van der Waals surface area contributed by atoms with Crippen molar-refractivity contribution in [3.05, 3.63) is 84.2 Å². The zero-order valence-electron chi connectivity index (χ0n) is 18.5. The molecule has 0 fully saturated rings. The highest BCUT2D eigenvalue weighted by Gasteiger charge is 2.30. The molecular weight excluding hydrogens is 459 g/mol. The number of rotatable bonds is 8. The molecule has 1 aliphatic heterocycles. The van der Waals surface area contributed by atoms with Gasteiger partial charge in [0.05, 0.1) is 6.54 Å². The first-order valence-corrected chi connectivity index (χ1v) is 10.7. The number of aromatic nitrogens is 2. The van der Waals surface area contributed by atoms with Gasteiger partial charge < -0.3 is 20.5 Å². The first-order valence-electron chi connectivity index (χ1n) is 10.7. The van der Waals surface area contributed by atoms with Crippen molar-refractivity contribution in [2.75, 3.05) is 12.3 Å². The lowest BCUT2D eigenvalue weighted by molar-refractivity contribution is -0.274. The number of nitrogens with two attached hydrogens (primary N) is 1. The predicted octanol–water partition coefficient (Wildman–Crippen LogP) is 5.37. The van der Waals surface area contributed by atoms with E-state index < -0.39 is 6.36 Å². The molecule has 0 unspecified atom stereocenters. The Morgan fingerprint density at radius 1 is 1.00 bits per heavy atom. The second kappa shape index (κ2) is 10.3. The van der Waals surface area contributed by atoms with E-state index in [1.54, 1.807) is 12.1 Å². The number of halogens is 3. The molecule has 0 amide bonds. The third kappa shape index (κ3) is 6.83. The molecule has 0 atom stereocenters. The number of amidine groups is 1. The molecule has 1 aromatic heterocycles. The van der Waals surface area contributed by atoms with E-state index in [9.17, 15) is 13.2 Å². The van der Waals surface area contributed by atoms with E-state index in [0.717, 1.165) is 22.7 Å². The molecule has 0 aliphatic carbocycles. The summed E-state index contributed by atoms with van der Waals surface area (Å²) in [4.78, 5) is 12.7. The molecule has 3 N–H and O–H groups in total. The molecule has 10 heteroatoms. The van der Waals surface area contributed by atoms with Gasteiger partial charge in [0, 0.05) is 18.2 Å². The molecule has 4 rings (SSSR count). The molecule has 0 saturated carbocycles. The number of nitrogens with zero attached hydrogens (tertiary/aromatic N) is 3. The summed E-state index contributed by atoms with van der Waals surface area (Å²) in [6, 6.07) is 14.8. The van der Waals surface area contributed by atoms with Gasteiger partial charge in [-0.25, -0.2) is 4.98 Å². The van der Waals surface area contributed by atoms with Crippen LogP contribution in [0.5, 0.6) is 17.4 Å². The van der Waals surface area contributed by atoms with E-state index in [-0.39, 0.29) is 11.6 Å². The van der Waals surface area contributed by atoms with Crippen molar-refractivity contribution in [1.82, 2.24) is 15.3 Å². The van der Waals surface area contributed by atoms with E-state index in [1.165, 1.54) is 24.3 Å². The lowest BCUT2D eigenvalue weighted by Gasteiger charge is -2.18. The standard InChI is InChI=1S/C25H22F3N5O2/c1-2-22-32-21(29)15-24(33-22)34-18-10-6-17(7-11-18)20-13-14-30-23(31-20)12-5-16-3-8-19(9-4-16)35-25(26,27)28/h2-4,6-11,13,15H,1,5,12,14H2,(H,30,31)(H2,29,32,33). The SMILES string of the molecule is C=Cc1nc(N)cc(Oc2ccc(C3=CCN=C(CCc4ccc(OC(F)(F)F)cc4)N3)cc2)n1. The van der Waals surface area contributed by atoms with Gasteiger partial charge in [0.2, 0.25) is 5.88 Å². The highest BCUT2D eigenvalue weighted by molar-refractivity contribution is 5.92. The fourth-order valence-electron chi connectivity index (χ4n) is 3.37. The smallest absolute Gasteiger partial charge is 0.439 e. The van der Waals surface area contributed by atoms with Crippen LogP contribution in [-0.4, -0.2) is 28.7 Å². The van der Waals surface area contributed by atoms with E-state index in [0.29, 0.717) is 36.8 Å². The molecular formula is C25H22F3N5O2. The topological polar surface area (TPSA) is 94.7 Å². The van der Waals surface area contributed by atoms with Crippen LogP contribution in [0.3, 0.4) is 0 Å². The van der Waals surface area contributed by atoms with Crippen LogP contribution in [0, 0.1) is 0 Å². The van der Waals surface area contributed by atoms with Crippen molar-refractivity contribution in [1.29, 1.82) is 0 Å². The fraction of sp³-hybridized carbons (Fsp3) is 0.160. The zero-order valence-corrected chi connectivity index (χ0v) is 18.5. The van der Waals surface area contributed by atoms with Crippen molar-refractivity contribution in [2.45, 2.75) is 19.2 Å². The minimum Gasteiger partial charge on any atom is -0.439 e. The summed E-state index contributed by atoms with van der Waals surface area (Å²) in [5, 5.41) is 3.32. The summed E-state index contributed by atoms with van der Waals surface area (Å²) in [6.45, 7) is 4.16. The van der Waals surface area contributed by atoms with Crippen molar-refractivity contribution < 1.29 is 22.6 Å². The number of nitrogen functional groups attached to an aromatic ring is 1. The third-order valence-electron chi connectivity index (χ3n) is 4.97. The van der Waals surface area contributed by atoms with Crippen molar-refractivity contribution >= 4 is 23.4 Å². The number of nitrogens with one attached hydrogen (secondary N) is 1. The Kier molecular flexibility index (Phi) is 7.00. The van der Waals surface area contributed by atoms with Gasteiger partial charge in [-0.1, -0.05) is 18.7 Å². The maximum atomic E-state index is 12.3. The van der Waals surface area contributed by atoms with Gasteiger partial charge >= 0.3 is 6.36 Å². The molecule has 0 saturated heterocycles. The normalized spacial score (nSPS) is 13.3. The number of benzene rings is 2. The van der Waals surface area contributed by atoms with Gasteiger partial charge in [-0.2, -0.15) is 4.98 Å². The molecule has 1 aliphatic rings. The van der Waals surface area contributed by atoms with Gasteiger partial charge in [0.25, 0.3) is 0 Å². The summed E-state index contributed by atoms with van der Waals surface area (Å²) < 4.78 is 46.6. The number of alkyl halides is 3. The van der Waals surface area contributed by atoms with E-state index >= 15 is 0 Å². The van der Waals surface area contributed by atoms with E-state index in [1.807, 2.05) is 30.3 Å². The minimum absolute atomic E-state index is 0.239. The zero-order chi connectivity index (χ0) is 24.8. The summed E-state index contributed by atoms with van der Waals surface area (Å²) >= 11 is 0. The monoisotopic (exact) mass is 481 g/mol. The molecule has 180 valence electrons. The summed E-state index contributed by atoms with van der Waals surface area (Å²) in [5.74, 6) is 2.14. The van der Waals surface area contributed by atoms with Crippen LogP contribution in [0.1, 0.15) is 23.4 Å². The predicted molar refractivity (Wildman–Crippen MR) is 128 cm³/mol. The third-order valence-corrected chi connectivity index (χ3v) is 4.97. The number of hydrogen-bond acceptors (Lipinski definition) is 7. The van der Waals surface area contributed by atoms with Gasteiger partial charge in [0.15, 0.2) is 5.82 Å². The van der Waals surface area contributed by atoms with Crippen LogP contribution in [0.25, 0.3) is 11.8 Å². The number of ether oxygens (including phenoxy) is 2. The van der Waals surface area contributed by atoms with Gasteiger partial charge in [-0.05, 0) is 66.1 Å². The molecule has 0 radical (unpaired) electrons. The quantitative estimate of drug-likeness (QED) is 0.449. The Hall–Kier alpha value is -4.34. The number of hydrogen-bond donors (Lipinski definition) is 2. The number of anilines is 1. The van der Waals surface area contributed by atoms with Crippen LogP contribution in [0.2, 0.25) is 0 Å². The maximum Gasteiger partial charge on any atom is 0.573 e. The van der Waals surface area contributed by atoms with E-state index in [4.69, 9.17) is 10.5 Å². The molecule has 2 aromatic carbocycles. The minimum atomic E-state index is -4.70. The Morgan fingerprint density at radius 2 is 1.71 bits per heavy atom. The lowest BCUT2D eigenvalue weighted by Crippen LogP contribution is -2.26. The molecule has 2 heterocycles. The van der Waals surface area contributed by atoms with Gasteiger partial charge in [-0.15, -0.1) is 13.2 Å². The second-order valence-electron chi connectivity index (χ2n) is 7.54. The average molecular weight is 481 g/mol. The Labute approximate surface area is 199 Å². The molecule has 7 nitrogen and oxygen atoms in total. The Morgan fingerprint density at radius 3 is 2.40 bits per heavy atom. The number of aryl methyl sites for hydroxylation is 1. The summed E-state index contributed by atoms with van der Waals surface area (Å²) in [7, 11) is 0. The van der Waals surface area contributed by atoms with Crippen LogP contribution >= 0.6 is 0 Å². The highest BCUT2D eigenvalue weighted by atomic mass is 19.4. The second-order valence-corrected chi connectivity index (χ2v) is 7.54. The van der Waals surface area contributed by atoms with Crippen molar-refractivity contribution in [2.24, 2.45) is 4.99 Å². The van der Waals surface area contributed by atoms with Crippen LogP contribution in [0.15, 0.2) is 72.2 Å². The highest BCUT2D eigenvalue weighted by Crippen LogP contribution is 2.25. The molecule has 0 bridgehead atoms. The summed E-state index contributed by atoms with van der Waals surface area (Å²) in [5.41, 5.74) is 8.51. The average Bonchev–Trinajstić information content (AvgIpc) is 2.83. The van der Waals surface area contributed by atoms with Crippen LogP contribution in [-0.2, 0) is 6.42 Å². The maximum absolute atomic E-state index is 12.3.